The Hall–Kier alpha value is -2.75. The number of thiocarbonyl (C=S) groups is 1. The van der Waals surface area contributed by atoms with Crippen molar-refractivity contribution in [3.63, 3.8) is 0 Å². The van der Waals surface area contributed by atoms with Gasteiger partial charge in [-0.2, -0.15) is 0 Å². The third kappa shape index (κ3) is 4.88. The molecule has 0 aliphatic rings. The standard InChI is InChI=1S/C15H10Cl2N4O4S/c16-11-3-1-2-10(12(11)17)14(23)19-20-15(26)18-13(22)8-4-6-9(7-5-8)21(24)25/h1-7H,(H,19,23)(H2,18,20,22,26). The highest BCUT2D eigenvalue weighted by Crippen LogP contribution is 2.25. The average molecular weight is 413 g/mol. The molecular formula is C15H10Cl2N4O4S. The summed E-state index contributed by atoms with van der Waals surface area (Å²) in [7, 11) is 0. The molecule has 11 heteroatoms. The van der Waals surface area contributed by atoms with Crippen LogP contribution in [0.4, 0.5) is 5.69 Å². The van der Waals surface area contributed by atoms with Crippen molar-refractivity contribution in [1.29, 1.82) is 0 Å². The Labute approximate surface area is 162 Å². The molecule has 2 aromatic carbocycles. The first-order valence-corrected chi connectivity index (χ1v) is 8.06. The minimum absolute atomic E-state index is 0.0781. The smallest absolute Gasteiger partial charge is 0.271 e. The number of halogens is 2. The summed E-state index contributed by atoms with van der Waals surface area (Å²) in [6.07, 6.45) is 0. The molecule has 0 bridgehead atoms. The van der Waals surface area contributed by atoms with Crippen LogP contribution in [0.15, 0.2) is 42.5 Å². The monoisotopic (exact) mass is 412 g/mol. The quantitative estimate of drug-likeness (QED) is 0.405. The van der Waals surface area contributed by atoms with E-state index < -0.39 is 16.7 Å². The van der Waals surface area contributed by atoms with Gasteiger partial charge in [-0.05, 0) is 36.5 Å². The van der Waals surface area contributed by atoms with Crippen LogP contribution in [0.1, 0.15) is 20.7 Å². The molecule has 26 heavy (non-hydrogen) atoms. The van der Waals surface area contributed by atoms with Gasteiger partial charge in [0.15, 0.2) is 5.11 Å². The van der Waals surface area contributed by atoms with Crippen molar-refractivity contribution in [2.75, 3.05) is 0 Å². The number of nitrogens with zero attached hydrogens (tertiary/aromatic N) is 1. The number of nitro groups is 1. The van der Waals surface area contributed by atoms with Crippen molar-refractivity contribution in [3.05, 3.63) is 73.8 Å². The zero-order chi connectivity index (χ0) is 19.3. The molecule has 0 aliphatic carbocycles. The summed E-state index contributed by atoms with van der Waals surface area (Å²) in [6, 6.07) is 9.48. The lowest BCUT2D eigenvalue weighted by molar-refractivity contribution is -0.384. The van der Waals surface area contributed by atoms with Gasteiger partial charge < -0.3 is 0 Å². The van der Waals surface area contributed by atoms with Crippen molar-refractivity contribution >= 4 is 58.0 Å². The number of hydrazine groups is 1. The number of nitro benzene ring substituents is 1. The van der Waals surface area contributed by atoms with Crippen LogP contribution < -0.4 is 16.2 Å². The zero-order valence-corrected chi connectivity index (χ0v) is 15.1. The third-order valence-electron chi connectivity index (χ3n) is 3.05. The topological polar surface area (TPSA) is 113 Å². The van der Waals surface area contributed by atoms with Crippen LogP contribution in [-0.2, 0) is 0 Å². The minimum atomic E-state index is -0.607. The van der Waals surface area contributed by atoms with E-state index in [2.05, 4.69) is 16.2 Å². The highest BCUT2D eigenvalue weighted by molar-refractivity contribution is 7.80. The van der Waals surface area contributed by atoms with Crippen LogP contribution in [0.5, 0.6) is 0 Å². The zero-order valence-electron chi connectivity index (χ0n) is 12.8. The van der Waals surface area contributed by atoms with E-state index in [9.17, 15) is 19.7 Å². The maximum atomic E-state index is 12.0. The molecule has 0 heterocycles. The van der Waals surface area contributed by atoms with Gasteiger partial charge >= 0.3 is 0 Å². The predicted molar refractivity (Wildman–Crippen MR) is 100 cm³/mol. The van der Waals surface area contributed by atoms with E-state index in [0.29, 0.717) is 0 Å². The maximum absolute atomic E-state index is 12.0. The first kappa shape index (κ1) is 19.6. The molecule has 0 unspecified atom stereocenters. The van der Waals surface area contributed by atoms with Gasteiger partial charge in [0.1, 0.15) is 0 Å². The van der Waals surface area contributed by atoms with Gasteiger partial charge in [-0.25, -0.2) is 0 Å². The molecular weight excluding hydrogens is 403 g/mol. The van der Waals surface area contributed by atoms with Crippen molar-refractivity contribution in [3.8, 4) is 0 Å². The second-order valence-corrected chi connectivity index (χ2v) is 5.96. The molecule has 8 nitrogen and oxygen atoms in total. The molecule has 3 N–H and O–H groups in total. The summed E-state index contributed by atoms with van der Waals surface area (Å²) < 4.78 is 0. The van der Waals surface area contributed by atoms with E-state index in [1.165, 1.54) is 36.4 Å². The molecule has 0 fully saturated rings. The SMILES string of the molecule is O=C(NC(=S)NNC(=O)c1cccc(Cl)c1Cl)c1ccc([N+](=O)[O-])cc1. The van der Waals surface area contributed by atoms with Crippen LogP contribution in [0, 0.1) is 10.1 Å². The Morgan fingerprint density at radius 2 is 1.65 bits per heavy atom. The molecule has 0 aromatic heterocycles. The van der Waals surface area contributed by atoms with Crippen LogP contribution in [0.25, 0.3) is 0 Å². The van der Waals surface area contributed by atoms with Gasteiger partial charge in [0.25, 0.3) is 17.5 Å². The molecule has 0 saturated carbocycles. The molecule has 2 amide bonds. The number of benzene rings is 2. The first-order valence-electron chi connectivity index (χ1n) is 6.89. The highest BCUT2D eigenvalue weighted by Gasteiger charge is 2.14. The number of carbonyl (C=O) groups is 2. The van der Waals surface area contributed by atoms with Gasteiger partial charge in [-0.3, -0.25) is 35.9 Å². The molecule has 0 radical (unpaired) electrons. The van der Waals surface area contributed by atoms with E-state index in [1.54, 1.807) is 6.07 Å². The average Bonchev–Trinajstić information content (AvgIpc) is 2.62. The Bertz CT molecular complexity index is 890. The number of nitrogens with one attached hydrogen (secondary N) is 3. The van der Waals surface area contributed by atoms with Crippen molar-refractivity contribution in [2.45, 2.75) is 0 Å². The number of hydrogen-bond acceptors (Lipinski definition) is 5. The highest BCUT2D eigenvalue weighted by atomic mass is 35.5. The van der Waals surface area contributed by atoms with Gasteiger partial charge in [0.05, 0.1) is 20.5 Å². The molecule has 0 saturated heterocycles. The summed E-state index contributed by atoms with van der Waals surface area (Å²) in [5.74, 6) is -1.21. The molecule has 0 spiro atoms. The second-order valence-electron chi connectivity index (χ2n) is 4.77. The first-order chi connectivity index (χ1) is 12.3. The Balaban J connectivity index is 1.92. The van der Waals surface area contributed by atoms with Crippen LogP contribution >= 0.6 is 35.4 Å². The number of rotatable bonds is 3. The molecule has 0 atom stereocenters. The molecule has 2 rings (SSSR count). The summed E-state index contributed by atoms with van der Waals surface area (Å²) in [5, 5.41) is 13.0. The number of non-ortho nitro benzene ring substituents is 1. The van der Waals surface area contributed by atoms with Gasteiger partial charge in [-0.15, -0.1) is 0 Å². The molecule has 134 valence electrons. The summed E-state index contributed by atoms with van der Waals surface area (Å²) in [6.45, 7) is 0. The van der Waals surface area contributed by atoms with Crippen LogP contribution in [-0.4, -0.2) is 21.9 Å². The number of hydrogen-bond donors (Lipinski definition) is 3. The van der Waals surface area contributed by atoms with E-state index >= 15 is 0 Å². The minimum Gasteiger partial charge on any atom is -0.298 e. The fourth-order valence-corrected chi connectivity index (χ4v) is 2.33. The lowest BCUT2D eigenvalue weighted by Crippen LogP contribution is -2.48. The Morgan fingerprint density at radius 3 is 2.27 bits per heavy atom. The van der Waals surface area contributed by atoms with E-state index in [1.807, 2.05) is 0 Å². The van der Waals surface area contributed by atoms with Crippen molar-refractivity contribution in [2.24, 2.45) is 0 Å². The van der Waals surface area contributed by atoms with E-state index in [0.717, 1.165) is 0 Å². The lowest BCUT2D eigenvalue weighted by Gasteiger charge is -2.11. The van der Waals surface area contributed by atoms with Crippen molar-refractivity contribution < 1.29 is 14.5 Å². The molecule has 2 aromatic rings. The van der Waals surface area contributed by atoms with Gasteiger partial charge in [-0.1, -0.05) is 29.3 Å². The fourth-order valence-electron chi connectivity index (χ4n) is 1.80. The number of amides is 2. The summed E-state index contributed by atoms with van der Waals surface area (Å²) >= 11 is 16.7. The number of carbonyl (C=O) groups excluding carboxylic acids is 2. The van der Waals surface area contributed by atoms with Crippen molar-refractivity contribution in [1.82, 2.24) is 16.2 Å². The van der Waals surface area contributed by atoms with Gasteiger partial charge in [0.2, 0.25) is 0 Å². The van der Waals surface area contributed by atoms with Gasteiger partial charge in [0, 0.05) is 17.7 Å². The van der Waals surface area contributed by atoms with Crippen LogP contribution in [0.3, 0.4) is 0 Å². The Morgan fingerprint density at radius 1 is 1.00 bits per heavy atom. The summed E-state index contributed by atoms with van der Waals surface area (Å²) in [4.78, 5) is 34.0. The Kier molecular flexibility index (Phi) is 6.45. The van der Waals surface area contributed by atoms with E-state index in [-0.39, 0.29) is 32.0 Å². The predicted octanol–water partition coefficient (Wildman–Crippen LogP) is 2.85. The largest absolute Gasteiger partial charge is 0.298 e. The van der Waals surface area contributed by atoms with Crippen LogP contribution in [0.2, 0.25) is 10.0 Å². The second kappa shape index (κ2) is 8.56. The fraction of sp³-hybridized carbons (Fsp3) is 0. The van der Waals surface area contributed by atoms with E-state index in [4.69, 9.17) is 35.4 Å². The molecule has 0 aliphatic heterocycles. The maximum Gasteiger partial charge on any atom is 0.271 e. The third-order valence-corrected chi connectivity index (χ3v) is 4.08. The lowest BCUT2D eigenvalue weighted by atomic mass is 10.2. The summed E-state index contributed by atoms with van der Waals surface area (Å²) in [5.41, 5.74) is 4.75. The normalized spacial score (nSPS) is 9.92.